The van der Waals surface area contributed by atoms with Crippen molar-refractivity contribution in [2.45, 2.75) is 18.5 Å². The third-order valence-electron chi connectivity index (χ3n) is 3.63. The Morgan fingerprint density at radius 2 is 2.14 bits per heavy atom. The SMILES string of the molecule is COC[C@@H](NC(=O)N[C@@H]1C=C[C@H](CO)C1)c1ccc(Cl)cc1. The van der Waals surface area contributed by atoms with E-state index in [1.165, 1.54) is 0 Å². The van der Waals surface area contributed by atoms with Crippen molar-refractivity contribution in [3.63, 3.8) is 0 Å². The molecule has 0 bridgehead atoms. The van der Waals surface area contributed by atoms with Crippen molar-refractivity contribution in [2.24, 2.45) is 5.92 Å². The summed E-state index contributed by atoms with van der Waals surface area (Å²) in [6, 6.07) is 6.74. The third kappa shape index (κ3) is 4.73. The number of carbonyl (C=O) groups is 1. The second-order valence-corrected chi connectivity index (χ2v) is 5.78. The minimum Gasteiger partial charge on any atom is -0.396 e. The number of nitrogens with one attached hydrogen (secondary N) is 2. The maximum absolute atomic E-state index is 12.1. The van der Waals surface area contributed by atoms with Crippen LogP contribution in [0.25, 0.3) is 0 Å². The molecule has 2 amide bonds. The second kappa shape index (κ2) is 8.17. The molecule has 0 fully saturated rings. The van der Waals surface area contributed by atoms with Crippen molar-refractivity contribution in [3.05, 3.63) is 47.0 Å². The zero-order valence-electron chi connectivity index (χ0n) is 12.5. The molecule has 0 saturated carbocycles. The van der Waals surface area contributed by atoms with Gasteiger partial charge in [-0.1, -0.05) is 35.9 Å². The van der Waals surface area contributed by atoms with Gasteiger partial charge in [-0.15, -0.1) is 0 Å². The molecule has 0 heterocycles. The normalized spacial score (nSPS) is 21.6. The summed E-state index contributed by atoms with van der Waals surface area (Å²) in [5.41, 5.74) is 0.927. The van der Waals surface area contributed by atoms with Gasteiger partial charge in [0.2, 0.25) is 0 Å². The van der Waals surface area contributed by atoms with E-state index in [9.17, 15) is 4.79 Å². The molecular formula is C16H21ClN2O3. The van der Waals surface area contributed by atoms with Gasteiger partial charge in [0, 0.05) is 30.7 Å². The number of methoxy groups -OCH3 is 1. The van der Waals surface area contributed by atoms with Gasteiger partial charge in [-0.3, -0.25) is 0 Å². The zero-order valence-corrected chi connectivity index (χ0v) is 13.2. The number of carbonyl (C=O) groups excluding carboxylic acids is 1. The molecule has 1 aliphatic carbocycles. The molecule has 22 heavy (non-hydrogen) atoms. The predicted octanol–water partition coefficient (Wildman–Crippen LogP) is 2.26. The van der Waals surface area contributed by atoms with Gasteiger partial charge in [0.1, 0.15) is 0 Å². The standard InChI is InChI=1S/C16H21ClN2O3/c1-22-10-15(12-3-5-13(17)6-4-12)19-16(21)18-14-7-2-11(8-14)9-20/h2-7,11,14-15,20H,8-10H2,1H3,(H2,18,19,21)/t11-,14+,15+/m0/s1. The molecule has 3 N–H and O–H groups in total. The summed E-state index contributed by atoms with van der Waals surface area (Å²) in [6.45, 7) is 0.474. The van der Waals surface area contributed by atoms with Gasteiger partial charge in [0.25, 0.3) is 0 Å². The van der Waals surface area contributed by atoms with Gasteiger partial charge < -0.3 is 20.5 Å². The fourth-order valence-electron chi connectivity index (χ4n) is 2.47. The van der Waals surface area contributed by atoms with Gasteiger partial charge in [0.05, 0.1) is 12.6 Å². The highest BCUT2D eigenvalue weighted by atomic mass is 35.5. The van der Waals surface area contributed by atoms with E-state index >= 15 is 0 Å². The Bertz CT molecular complexity index is 519. The number of hydrogen-bond acceptors (Lipinski definition) is 3. The lowest BCUT2D eigenvalue weighted by Gasteiger charge is -2.20. The van der Waals surface area contributed by atoms with Crippen LogP contribution >= 0.6 is 11.6 Å². The van der Waals surface area contributed by atoms with Crippen molar-refractivity contribution in [3.8, 4) is 0 Å². The van der Waals surface area contributed by atoms with Gasteiger partial charge >= 0.3 is 6.03 Å². The molecule has 5 nitrogen and oxygen atoms in total. The summed E-state index contributed by atoms with van der Waals surface area (Å²) >= 11 is 5.88. The van der Waals surface area contributed by atoms with Crippen LogP contribution in [0.5, 0.6) is 0 Å². The van der Waals surface area contributed by atoms with Gasteiger partial charge in [0.15, 0.2) is 0 Å². The Labute approximate surface area is 135 Å². The van der Waals surface area contributed by atoms with Crippen molar-refractivity contribution in [1.82, 2.24) is 10.6 Å². The monoisotopic (exact) mass is 324 g/mol. The molecule has 2 rings (SSSR count). The number of aliphatic hydroxyl groups excluding tert-OH is 1. The highest BCUT2D eigenvalue weighted by Gasteiger charge is 2.21. The Morgan fingerprint density at radius 1 is 1.41 bits per heavy atom. The highest BCUT2D eigenvalue weighted by molar-refractivity contribution is 6.30. The van der Waals surface area contributed by atoms with Crippen LogP contribution in [-0.2, 0) is 4.74 Å². The minimum atomic E-state index is -0.259. The third-order valence-corrected chi connectivity index (χ3v) is 3.89. The number of rotatable bonds is 6. The fourth-order valence-corrected chi connectivity index (χ4v) is 2.59. The number of urea groups is 1. The number of aliphatic hydroxyl groups is 1. The molecule has 3 atom stereocenters. The van der Waals surface area contributed by atoms with E-state index in [1.54, 1.807) is 19.2 Å². The van der Waals surface area contributed by atoms with Crippen molar-refractivity contribution in [2.75, 3.05) is 20.3 Å². The predicted molar refractivity (Wildman–Crippen MR) is 85.9 cm³/mol. The van der Waals surface area contributed by atoms with E-state index in [1.807, 2.05) is 24.3 Å². The molecule has 0 aliphatic heterocycles. The first-order chi connectivity index (χ1) is 10.6. The number of hydrogen-bond donors (Lipinski definition) is 3. The average molecular weight is 325 g/mol. The van der Waals surface area contributed by atoms with Crippen LogP contribution in [0.2, 0.25) is 5.02 Å². The lowest BCUT2D eigenvalue weighted by atomic mass is 10.1. The average Bonchev–Trinajstić information content (AvgIpc) is 2.95. The van der Waals surface area contributed by atoms with Crippen LogP contribution in [0.1, 0.15) is 18.0 Å². The van der Waals surface area contributed by atoms with Crippen LogP contribution in [0.3, 0.4) is 0 Å². The van der Waals surface area contributed by atoms with E-state index < -0.39 is 0 Å². The van der Waals surface area contributed by atoms with Crippen molar-refractivity contribution in [1.29, 1.82) is 0 Å². The molecule has 0 radical (unpaired) electrons. The summed E-state index contributed by atoms with van der Waals surface area (Å²) < 4.78 is 5.17. The summed E-state index contributed by atoms with van der Waals surface area (Å²) in [7, 11) is 1.59. The summed E-state index contributed by atoms with van der Waals surface area (Å²) in [5, 5.41) is 15.5. The molecule has 6 heteroatoms. The first-order valence-corrected chi connectivity index (χ1v) is 7.60. The van der Waals surface area contributed by atoms with Crippen LogP contribution < -0.4 is 10.6 Å². The van der Waals surface area contributed by atoms with Gasteiger partial charge in [-0.25, -0.2) is 4.79 Å². The van der Waals surface area contributed by atoms with Crippen LogP contribution in [0.4, 0.5) is 4.79 Å². The lowest BCUT2D eigenvalue weighted by molar-refractivity contribution is 0.165. The van der Waals surface area contributed by atoms with Crippen molar-refractivity contribution >= 4 is 17.6 Å². The zero-order chi connectivity index (χ0) is 15.9. The number of benzene rings is 1. The van der Waals surface area contributed by atoms with E-state index in [-0.39, 0.29) is 30.6 Å². The molecular weight excluding hydrogens is 304 g/mol. The maximum Gasteiger partial charge on any atom is 0.315 e. The van der Waals surface area contributed by atoms with Gasteiger partial charge in [-0.05, 0) is 24.1 Å². The number of halogens is 1. The van der Waals surface area contributed by atoms with E-state index in [2.05, 4.69) is 10.6 Å². The van der Waals surface area contributed by atoms with E-state index in [4.69, 9.17) is 21.4 Å². The van der Waals surface area contributed by atoms with Crippen LogP contribution in [-0.4, -0.2) is 37.5 Å². The molecule has 120 valence electrons. The molecule has 1 aliphatic rings. The largest absolute Gasteiger partial charge is 0.396 e. The first-order valence-electron chi connectivity index (χ1n) is 7.23. The number of amides is 2. The maximum atomic E-state index is 12.1. The smallest absolute Gasteiger partial charge is 0.315 e. The molecule has 0 spiro atoms. The Kier molecular flexibility index (Phi) is 6.24. The fraction of sp³-hybridized carbons (Fsp3) is 0.438. The van der Waals surface area contributed by atoms with E-state index in [0.717, 1.165) is 12.0 Å². The van der Waals surface area contributed by atoms with Crippen LogP contribution in [0, 0.1) is 5.92 Å². The first kappa shape index (κ1) is 16.8. The van der Waals surface area contributed by atoms with Crippen molar-refractivity contribution < 1.29 is 14.6 Å². The van der Waals surface area contributed by atoms with Crippen LogP contribution in [0.15, 0.2) is 36.4 Å². The summed E-state index contributed by atoms with van der Waals surface area (Å²) in [5.74, 6) is 0.122. The van der Waals surface area contributed by atoms with E-state index in [0.29, 0.717) is 11.6 Å². The molecule has 0 aromatic heterocycles. The Balaban J connectivity index is 1.91. The quantitative estimate of drug-likeness (QED) is 0.703. The topological polar surface area (TPSA) is 70.6 Å². The molecule has 1 aromatic carbocycles. The van der Waals surface area contributed by atoms with Gasteiger partial charge in [-0.2, -0.15) is 0 Å². The number of ether oxygens (including phenoxy) is 1. The second-order valence-electron chi connectivity index (χ2n) is 5.35. The molecule has 1 aromatic rings. The summed E-state index contributed by atoms with van der Waals surface area (Å²) in [6.07, 6.45) is 4.56. The Morgan fingerprint density at radius 3 is 2.73 bits per heavy atom. The lowest BCUT2D eigenvalue weighted by Crippen LogP contribution is -2.43. The Hall–Kier alpha value is -1.56. The molecule has 0 saturated heterocycles. The molecule has 0 unspecified atom stereocenters. The highest BCUT2D eigenvalue weighted by Crippen LogP contribution is 2.18. The minimum absolute atomic E-state index is 0.0504. The summed E-state index contributed by atoms with van der Waals surface area (Å²) in [4.78, 5) is 12.1.